The Balaban J connectivity index is 1.47. The summed E-state index contributed by atoms with van der Waals surface area (Å²) in [7, 11) is -3.72. The summed E-state index contributed by atoms with van der Waals surface area (Å²) in [6.07, 6.45) is 5.23. The van der Waals surface area contributed by atoms with Crippen molar-refractivity contribution in [2.45, 2.75) is 39.2 Å². The number of aryl methyl sites for hydroxylation is 1. The van der Waals surface area contributed by atoms with Gasteiger partial charge in [-0.05, 0) is 43.4 Å². The van der Waals surface area contributed by atoms with Gasteiger partial charge in [-0.3, -0.25) is 4.79 Å². The summed E-state index contributed by atoms with van der Waals surface area (Å²) in [4.78, 5) is 14.5. The van der Waals surface area contributed by atoms with Gasteiger partial charge in [0.25, 0.3) is 15.9 Å². The number of nitrogens with zero attached hydrogens (tertiary/aromatic N) is 2. The second kappa shape index (κ2) is 8.10. The lowest BCUT2D eigenvalue weighted by molar-refractivity contribution is 0.0922. The molecule has 8 heteroatoms. The van der Waals surface area contributed by atoms with Crippen molar-refractivity contribution in [1.82, 2.24) is 10.2 Å². The van der Waals surface area contributed by atoms with Gasteiger partial charge in [0.1, 0.15) is 17.0 Å². The second-order valence-electron chi connectivity index (χ2n) is 7.64. The minimum Gasteiger partial charge on any atom is -0.472 e. The zero-order valence-electron chi connectivity index (χ0n) is 17.1. The number of rotatable bonds is 4. The Kier molecular flexibility index (Phi) is 5.51. The maximum absolute atomic E-state index is 12.8. The lowest BCUT2D eigenvalue weighted by Gasteiger charge is -2.33. The van der Waals surface area contributed by atoms with Crippen molar-refractivity contribution in [1.29, 1.82) is 0 Å². The molecule has 4 rings (SSSR count). The molecule has 1 amide bonds. The summed E-state index contributed by atoms with van der Waals surface area (Å²) >= 11 is 0. The molecule has 1 N–H and O–H groups in total. The highest BCUT2D eigenvalue weighted by atomic mass is 32.2. The van der Waals surface area contributed by atoms with E-state index < -0.39 is 10.0 Å². The molecule has 158 valence electrons. The van der Waals surface area contributed by atoms with Crippen LogP contribution >= 0.6 is 0 Å². The van der Waals surface area contributed by atoms with Crippen molar-refractivity contribution >= 4 is 26.7 Å². The Morgan fingerprint density at radius 3 is 2.50 bits per heavy atom. The minimum atomic E-state index is -3.72. The van der Waals surface area contributed by atoms with Crippen LogP contribution in [0.25, 0.3) is 4.91 Å². The Morgan fingerprint density at radius 2 is 1.90 bits per heavy atom. The maximum atomic E-state index is 12.8. The highest BCUT2D eigenvalue weighted by molar-refractivity contribution is 8.00. The Labute approximate surface area is 176 Å². The van der Waals surface area contributed by atoms with Crippen LogP contribution < -0.4 is 5.32 Å². The predicted molar refractivity (Wildman–Crippen MR) is 116 cm³/mol. The van der Waals surface area contributed by atoms with E-state index in [1.807, 2.05) is 36.1 Å². The topological polar surface area (TPSA) is 92.0 Å². The van der Waals surface area contributed by atoms with Gasteiger partial charge < -0.3 is 14.6 Å². The third-order valence-electron chi connectivity index (χ3n) is 5.68. The summed E-state index contributed by atoms with van der Waals surface area (Å²) in [5.41, 5.74) is 3.01. The molecule has 3 heterocycles. The minimum absolute atomic E-state index is 0.0348. The molecular weight excluding hydrogens is 402 g/mol. The highest BCUT2D eigenvalue weighted by Crippen LogP contribution is 2.34. The first-order chi connectivity index (χ1) is 14.4. The number of benzene rings is 1. The lowest BCUT2D eigenvalue weighted by atomic mass is 10.0. The molecule has 0 spiro atoms. The van der Waals surface area contributed by atoms with Crippen LogP contribution in [0, 0.1) is 0 Å². The van der Waals surface area contributed by atoms with Gasteiger partial charge in [0.2, 0.25) is 0 Å². The smallest absolute Gasteiger partial charge is 0.285 e. The van der Waals surface area contributed by atoms with Crippen molar-refractivity contribution in [3.8, 4) is 0 Å². The zero-order valence-corrected chi connectivity index (χ0v) is 17.9. The molecule has 2 aromatic rings. The number of carbonyl (C=O) groups is 1. The van der Waals surface area contributed by atoms with Crippen molar-refractivity contribution in [3.05, 3.63) is 65.1 Å². The number of likely N-dealkylation sites (tertiary alicyclic amines) is 1. The first kappa shape index (κ1) is 20.4. The number of carbonyl (C=O) groups excluding carboxylic acids is 1. The van der Waals surface area contributed by atoms with E-state index in [1.165, 1.54) is 12.5 Å². The van der Waals surface area contributed by atoms with Gasteiger partial charge in [0.15, 0.2) is 0 Å². The third-order valence-corrected chi connectivity index (χ3v) is 7.15. The van der Waals surface area contributed by atoms with Gasteiger partial charge in [0.05, 0.1) is 11.8 Å². The molecule has 1 saturated heterocycles. The fourth-order valence-corrected chi connectivity index (χ4v) is 5.46. The summed E-state index contributed by atoms with van der Waals surface area (Å²) in [6, 6.07) is 9.28. The Morgan fingerprint density at radius 1 is 1.20 bits per heavy atom. The van der Waals surface area contributed by atoms with Crippen molar-refractivity contribution < 1.29 is 17.6 Å². The molecule has 0 saturated carbocycles. The van der Waals surface area contributed by atoms with E-state index in [1.54, 1.807) is 6.07 Å². The van der Waals surface area contributed by atoms with Crippen LogP contribution in [0.5, 0.6) is 0 Å². The molecule has 0 bridgehead atoms. The van der Waals surface area contributed by atoms with E-state index >= 15 is 0 Å². The number of hydrogen-bond donors (Lipinski definition) is 1. The fourth-order valence-electron chi connectivity index (χ4n) is 3.97. The quantitative estimate of drug-likeness (QED) is 0.809. The molecular formula is C22H25N3O4S. The molecule has 0 unspecified atom stereocenters. The number of sulfonamides is 1. The van der Waals surface area contributed by atoms with E-state index in [-0.39, 0.29) is 16.9 Å². The average Bonchev–Trinajstić information content (AvgIpc) is 3.35. The van der Waals surface area contributed by atoms with Gasteiger partial charge in [0, 0.05) is 24.7 Å². The van der Waals surface area contributed by atoms with Gasteiger partial charge in [-0.15, -0.1) is 4.40 Å². The van der Waals surface area contributed by atoms with Crippen LogP contribution in [-0.2, 0) is 16.4 Å². The van der Waals surface area contributed by atoms with Gasteiger partial charge in [-0.1, -0.05) is 31.2 Å². The number of amides is 1. The third kappa shape index (κ3) is 3.92. The molecule has 1 aromatic carbocycles. The van der Waals surface area contributed by atoms with Crippen LogP contribution in [0.1, 0.15) is 48.2 Å². The van der Waals surface area contributed by atoms with E-state index in [4.69, 9.17) is 4.42 Å². The summed E-state index contributed by atoms with van der Waals surface area (Å²) < 4.78 is 34.6. The molecule has 7 nitrogen and oxygen atoms in total. The molecule has 2 aliphatic heterocycles. The van der Waals surface area contributed by atoms with Crippen LogP contribution in [0.2, 0.25) is 0 Å². The molecule has 0 aliphatic carbocycles. The van der Waals surface area contributed by atoms with Crippen LogP contribution in [0.15, 0.2) is 57.2 Å². The average molecular weight is 428 g/mol. The number of amidine groups is 1. The van der Waals surface area contributed by atoms with Gasteiger partial charge >= 0.3 is 0 Å². The van der Waals surface area contributed by atoms with Gasteiger partial charge in [-0.25, -0.2) is 0 Å². The van der Waals surface area contributed by atoms with E-state index in [2.05, 4.69) is 16.6 Å². The molecule has 2 aliphatic rings. The number of piperidine rings is 1. The number of nitrogens with one attached hydrogen (secondary N) is 1. The largest absolute Gasteiger partial charge is 0.472 e. The summed E-state index contributed by atoms with van der Waals surface area (Å²) in [5, 5.41) is 3.01. The summed E-state index contributed by atoms with van der Waals surface area (Å²) in [6.45, 7) is 5.14. The van der Waals surface area contributed by atoms with E-state index in [0.717, 1.165) is 24.8 Å². The first-order valence-electron chi connectivity index (χ1n) is 10.1. The van der Waals surface area contributed by atoms with Crippen LogP contribution in [0.4, 0.5) is 0 Å². The second-order valence-corrected chi connectivity index (χ2v) is 9.18. The molecule has 30 heavy (non-hydrogen) atoms. The van der Waals surface area contributed by atoms with Crippen molar-refractivity contribution in [2.75, 3.05) is 13.1 Å². The summed E-state index contributed by atoms with van der Waals surface area (Å²) in [5.74, 6) is 0.362. The monoisotopic (exact) mass is 427 g/mol. The normalized spacial score (nSPS) is 19.1. The maximum Gasteiger partial charge on any atom is 0.285 e. The molecule has 1 fully saturated rings. The SMILES string of the molecule is CCc1ccc(C2=C(C)C(N3CCC(NC(=O)c4ccoc4)CC3)=NS2(=O)=O)cc1. The van der Waals surface area contributed by atoms with Crippen LogP contribution in [-0.4, -0.2) is 44.2 Å². The van der Waals surface area contributed by atoms with E-state index in [9.17, 15) is 13.2 Å². The zero-order chi connectivity index (χ0) is 21.3. The number of hydrogen-bond acceptors (Lipinski definition) is 5. The van der Waals surface area contributed by atoms with Crippen LogP contribution in [0.3, 0.4) is 0 Å². The Hall–Kier alpha value is -2.87. The molecule has 1 aromatic heterocycles. The first-order valence-corrected chi connectivity index (χ1v) is 11.6. The lowest BCUT2D eigenvalue weighted by Crippen LogP contribution is -2.46. The Bertz CT molecular complexity index is 1090. The standard InChI is InChI=1S/C22H25N3O4S/c1-3-16-4-6-17(7-5-16)20-15(2)21(24-30(20,27)28)25-11-8-19(9-12-25)23-22(26)18-10-13-29-14-18/h4-7,10,13-14,19H,3,8-9,11-12H2,1-2H3,(H,23,26). The number of furan rings is 1. The molecule has 0 atom stereocenters. The van der Waals surface area contributed by atoms with Crippen molar-refractivity contribution in [2.24, 2.45) is 4.40 Å². The van der Waals surface area contributed by atoms with Gasteiger partial charge in [-0.2, -0.15) is 8.42 Å². The predicted octanol–water partition coefficient (Wildman–Crippen LogP) is 3.21. The molecule has 0 radical (unpaired) electrons. The fraction of sp³-hybridized carbons (Fsp3) is 0.364. The van der Waals surface area contributed by atoms with Crippen molar-refractivity contribution in [3.63, 3.8) is 0 Å². The van der Waals surface area contributed by atoms with E-state index in [0.29, 0.717) is 35.6 Å². The highest BCUT2D eigenvalue weighted by Gasteiger charge is 2.35.